The second-order valence-electron chi connectivity index (χ2n) is 6.59. The van der Waals surface area contributed by atoms with E-state index in [0.717, 1.165) is 6.54 Å². The van der Waals surface area contributed by atoms with Crippen molar-refractivity contribution in [1.82, 2.24) is 15.5 Å². The maximum Gasteiger partial charge on any atom is 0.271 e. The van der Waals surface area contributed by atoms with Crippen LogP contribution in [0.4, 0.5) is 5.82 Å². The first-order chi connectivity index (χ1) is 11.6. The molecule has 24 heavy (non-hydrogen) atoms. The molecule has 0 bridgehead atoms. The maximum absolute atomic E-state index is 11.5. The number of nitrogens with zero attached hydrogens (tertiary/aromatic N) is 2. The fourth-order valence-electron chi connectivity index (χ4n) is 3.53. The zero-order valence-electron chi connectivity index (χ0n) is 14.3. The Morgan fingerprint density at radius 3 is 2.58 bits per heavy atom. The van der Waals surface area contributed by atoms with Crippen molar-refractivity contribution in [1.29, 1.82) is 0 Å². The summed E-state index contributed by atoms with van der Waals surface area (Å²) in [5, 5.41) is 14.1. The van der Waals surface area contributed by atoms with E-state index >= 15 is 0 Å². The van der Waals surface area contributed by atoms with E-state index in [1.807, 2.05) is 6.07 Å². The Labute approximate surface area is 142 Å². The molecule has 5 heteroatoms. The Morgan fingerprint density at radius 1 is 1.17 bits per heavy atom. The van der Waals surface area contributed by atoms with Gasteiger partial charge in [0.2, 0.25) is 0 Å². The van der Waals surface area contributed by atoms with Crippen LogP contribution in [-0.4, -0.2) is 29.7 Å². The number of anilines is 1. The van der Waals surface area contributed by atoms with E-state index in [2.05, 4.69) is 52.0 Å². The predicted molar refractivity (Wildman–Crippen MR) is 95.2 cm³/mol. The van der Waals surface area contributed by atoms with Crippen LogP contribution >= 0.6 is 0 Å². The molecule has 2 N–H and O–H groups in total. The van der Waals surface area contributed by atoms with Gasteiger partial charge in [0.1, 0.15) is 5.82 Å². The van der Waals surface area contributed by atoms with Crippen LogP contribution in [0.3, 0.4) is 0 Å². The summed E-state index contributed by atoms with van der Waals surface area (Å²) in [5.41, 5.74) is 3.20. The van der Waals surface area contributed by atoms with Gasteiger partial charge in [-0.3, -0.25) is 4.79 Å². The summed E-state index contributed by atoms with van der Waals surface area (Å²) in [5.74, 6) is 0.489. The molecule has 0 aliphatic heterocycles. The SMILES string of the molecule is CNC(=O)c1ccc(NCC2(c3cccc(C)c3)CCCC2)nn1. The van der Waals surface area contributed by atoms with Gasteiger partial charge >= 0.3 is 0 Å². The van der Waals surface area contributed by atoms with Crippen LogP contribution in [0.1, 0.15) is 47.3 Å². The van der Waals surface area contributed by atoms with E-state index in [1.165, 1.54) is 36.8 Å². The fraction of sp³-hybridized carbons (Fsp3) is 0.421. The van der Waals surface area contributed by atoms with E-state index in [-0.39, 0.29) is 11.3 Å². The van der Waals surface area contributed by atoms with E-state index in [4.69, 9.17) is 0 Å². The molecule has 1 aromatic carbocycles. The minimum Gasteiger partial charge on any atom is -0.368 e. The first-order valence-electron chi connectivity index (χ1n) is 8.50. The van der Waals surface area contributed by atoms with Gasteiger partial charge in [0, 0.05) is 19.0 Å². The monoisotopic (exact) mass is 324 g/mol. The Kier molecular flexibility index (Phi) is 4.79. The standard InChI is InChI=1S/C19H24N4O/c1-14-6-5-7-15(12-14)19(10-3-4-11-19)13-21-17-9-8-16(22-23-17)18(24)20-2/h5-9,12H,3-4,10-11,13H2,1-2H3,(H,20,24)(H,21,23). The number of carbonyl (C=O) groups excluding carboxylic acids is 1. The lowest BCUT2D eigenvalue weighted by Gasteiger charge is -2.30. The van der Waals surface area contributed by atoms with E-state index < -0.39 is 0 Å². The van der Waals surface area contributed by atoms with Gasteiger partial charge < -0.3 is 10.6 Å². The second kappa shape index (κ2) is 6.99. The number of aromatic nitrogens is 2. The molecule has 1 aromatic heterocycles. The van der Waals surface area contributed by atoms with Crippen molar-refractivity contribution in [3.63, 3.8) is 0 Å². The minimum atomic E-state index is -0.221. The molecule has 1 heterocycles. The van der Waals surface area contributed by atoms with Crippen LogP contribution in [0.2, 0.25) is 0 Å². The lowest BCUT2D eigenvalue weighted by atomic mass is 9.78. The van der Waals surface area contributed by atoms with E-state index in [0.29, 0.717) is 11.5 Å². The van der Waals surface area contributed by atoms with Crippen LogP contribution < -0.4 is 10.6 Å². The molecular weight excluding hydrogens is 300 g/mol. The summed E-state index contributed by atoms with van der Waals surface area (Å²) in [6.07, 6.45) is 4.90. The third-order valence-corrected chi connectivity index (χ3v) is 4.92. The van der Waals surface area contributed by atoms with Crippen molar-refractivity contribution in [2.24, 2.45) is 0 Å². The molecule has 126 valence electrons. The summed E-state index contributed by atoms with van der Waals surface area (Å²) in [7, 11) is 1.59. The molecule has 1 saturated carbocycles. The van der Waals surface area contributed by atoms with Gasteiger partial charge in [-0.05, 0) is 37.5 Å². The van der Waals surface area contributed by atoms with Gasteiger partial charge in [-0.25, -0.2) is 0 Å². The first kappa shape index (κ1) is 16.4. The van der Waals surface area contributed by atoms with Crippen molar-refractivity contribution in [3.05, 3.63) is 53.2 Å². The highest BCUT2D eigenvalue weighted by atomic mass is 16.1. The highest BCUT2D eigenvalue weighted by Gasteiger charge is 2.35. The minimum absolute atomic E-state index is 0.160. The van der Waals surface area contributed by atoms with Crippen molar-refractivity contribution in [2.75, 3.05) is 18.9 Å². The maximum atomic E-state index is 11.5. The fourth-order valence-corrected chi connectivity index (χ4v) is 3.53. The third kappa shape index (κ3) is 3.40. The van der Waals surface area contributed by atoms with Crippen LogP contribution in [0.25, 0.3) is 0 Å². The molecule has 1 aliphatic carbocycles. The van der Waals surface area contributed by atoms with Crippen molar-refractivity contribution in [3.8, 4) is 0 Å². The van der Waals surface area contributed by atoms with Gasteiger partial charge in [0.25, 0.3) is 5.91 Å². The topological polar surface area (TPSA) is 66.9 Å². The number of hydrogen-bond acceptors (Lipinski definition) is 4. The van der Waals surface area contributed by atoms with E-state index in [9.17, 15) is 4.79 Å². The summed E-state index contributed by atoms with van der Waals surface area (Å²) < 4.78 is 0. The Bertz CT molecular complexity index is 706. The number of amides is 1. The molecule has 5 nitrogen and oxygen atoms in total. The molecule has 0 spiro atoms. The largest absolute Gasteiger partial charge is 0.368 e. The Balaban J connectivity index is 1.74. The number of nitrogens with one attached hydrogen (secondary N) is 2. The van der Waals surface area contributed by atoms with Crippen molar-refractivity contribution >= 4 is 11.7 Å². The molecule has 0 unspecified atom stereocenters. The average molecular weight is 324 g/mol. The predicted octanol–water partition coefficient (Wildman–Crippen LogP) is 3.07. The Hall–Kier alpha value is -2.43. The summed E-state index contributed by atoms with van der Waals surface area (Å²) >= 11 is 0. The molecule has 3 rings (SSSR count). The number of aryl methyl sites for hydroxylation is 1. The number of carbonyl (C=O) groups is 1. The molecule has 1 fully saturated rings. The normalized spacial score (nSPS) is 15.9. The van der Waals surface area contributed by atoms with E-state index in [1.54, 1.807) is 13.1 Å². The quantitative estimate of drug-likeness (QED) is 0.887. The molecule has 0 radical (unpaired) electrons. The molecule has 2 aromatic rings. The van der Waals surface area contributed by atoms with Crippen molar-refractivity contribution < 1.29 is 4.79 Å². The highest BCUT2D eigenvalue weighted by Crippen LogP contribution is 2.41. The van der Waals surface area contributed by atoms with Crippen molar-refractivity contribution in [2.45, 2.75) is 38.0 Å². The smallest absolute Gasteiger partial charge is 0.271 e. The lowest BCUT2D eigenvalue weighted by Crippen LogP contribution is -2.32. The van der Waals surface area contributed by atoms with Crippen LogP contribution in [0.15, 0.2) is 36.4 Å². The van der Waals surface area contributed by atoms with Gasteiger partial charge in [-0.2, -0.15) is 0 Å². The van der Waals surface area contributed by atoms with Crippen LogP contribution in [0.5, 0.6) is 0 Å². The molecule has 0 atom stereocenters. The summed E-state index contributed by atoms with van der Waals surface area (Å²) in [4.78, 5) is 11.5. The number of benzene rings is 1. The van der Waals surface area contributed by atoms with Gasteiger partial charge in [-0.15, -0.1) is 10.2 Å². The third-order valence-electron chi connectivity index (χ3n) is 4.92. The molecular formula is C19H24N4O. The van der Waals surface area contributed by atoms with Crippen LogP contribution in [0, 0.1) is 6.92 Å². The molecule has 1 amide bonds. The average Bonchev–Trinajstić information content (AvgIpc) is 3.10. The van der Waals surface area contributed by atoms with Gasteiger partial charge in [0.15, 0.2) is 5.69 Å². The number of hydrogen-bond donors (Lipinski definition) is 2. The zero-order valence-corrected chi connectivity index (χ0v) is 14.3. The van der Waals surface area contributed by atoms with Gasteiger partial charge in [-0.1, -0.05) is 42.7 Å². The lowest BCUT2D eigenvalue weighted by molar-refractivity contribution is 0.0957. The second-order valence-corrected chi connectivity index (χ2v) is 6.59. The first-order valence-corrected chi connectivity index (χ1v) is 8.50. The number of rotatable bonds is 5. The van der Waals surface area contributed by atoms with Crippen LogP contribution in [-0.2, 0) is 5.41 Å². The Morgan fingerprint density at radius 2 is 1.96 bits per heavy atom. The molecule has 0 saturated heterocycles. The highest BCUT2D eigenvalue weighted by molar-refractivity contribution is 5.91. The summed E-state index contributed by atoms with van der Waals surface area (Å²) in [6, 6.07) is 12.3. The molecule has 1 aliphatic rings. The summed E-state index contributed by atoms with van der Waals surface area (Å²) in [6.45, 7) is 2.98. The zero-order chi connectivity index (χ0) is 17.0. The van der Waals surface area contributed by atoms with Gasteiger partial charge in [0.05, 0.1) is 0 Å².